The third-order valence-corrected chi connectivity index (χ3v) is 4.85. The van der Waals surface area contributed by atoms with Gasteiger partial charge < -0.3 is 10.0 Å². The minimum absolute atomic E-state index is 0.0294. The Balaban J connectivity index is 1.97. The van der Waals surface area contributed by atoms with Crippen molar-refractivity contribution in [3.8, 4) is 0 Å². The first-order valence-electron chi connectivity index (χ1n) is 5.99. The van der Waals surface area contributed by atoms with Gasteiger partial charge in [-0.05, 0) is 17.9 Å². The molecule has 2 heterocycles. The topological polar surface area (TPSA) is 43.8 Å². The van der Waals surface area contributed by atoms with Gasteiger partial charge in [0.05, 0.1) is 11.6 Å². The molecule has 2 rings (SSSR count). The van der Waals surface area contributed by atoms with Crippen LogP contribution in [0.15, 0.2) is 5.38 Å². The molecule has 0 atom stereocenters. The first-order chi connectivity index (χ1) is 8.63. The molecule has 18 heavy (non-hydrogen) atoms. The Morgan fingerprint density at radius 1 is 1.44 bits per heavy atom. The van der Waals surface area contributed by atoms with E-state index < -0.39 is 0 Å². The van der Waals surface area contributed by atoms with Crippen molar-refractivity contribution in [1.82, 2.24) is 9.80 Å². The van der Waals surface area contributed by atoms with E-state index in [-0.39, 0.29) is 12.5 Å². The van der Waals surface area contributed by atoms with E-state index in [1.165, 1.54) is 11.3 Å². The fourth-order valence-electron chi connectivity index (χ4n) is 2.03. The molecule has 6 heteroatoms. The van der Waals surface area contributed by atoms with Gasteiger partial charge >= 0.3 is 0 Å². The normalized spacial score (nSPS) is 17.2. The van der Waals surface area contributed by atoms with Crippen LogP contribution >= 0.6 is 22.9 Å². The Kier molecular flexibility index (Phi) is 4.61. The van der Waals surface area contributed by atoms with Gasteiger partial charge in [-0.25, -0.2) is 0 Å². The molecule has 1 aromatic heterocycles. The van der Waals surface area contributed by atoms with E-state index in [1.807, 2.05) is 17.2 Å². The Hall–Kier alpha value is -0.620. The van der Waals surface area contributed by atoms with E-state index in [0.717, 1.165) is 18.7 Å². The van der Waals surface area contributed by atoms with E-state index in [1.54, 1.807) is 0 Å². The fraction of sp³-hybridized carbons (Fsp3) is 0.583. The lowest BCUT2D eigenvalue weighted by atomic mass is 10.2. The van der Waals surface area contributed by atoms with Crippen molar-refractivity contribution in [2.45, 2.75) is 6.92 Å². The van der Waals surface area contributed by atoms with Crippen LogP contribution in [0, 0.1) is 6.92 Å². The third kappa shape index (κ3) is 2.85. The lowest BCUT2D eigenvalue weighted by molar-refractivity contribution is 0.0619. The minimum atomic E-state index is 0.0294. The van der Waals surface area contributed by atoms with E-state index in [2.05, 4.69) is 4.90 Å². The summed E-state index contributed by atoms with van der Waals surface area (Å²) in [6.45, 7) is 5.79. The first-order valence-corrected chi connectivity index (χ1v) is 7.25. The Morgan fingerprint density at radius 2 is 2.11 bits per heavy atom. The second-order valence-corrected chi connectivity index (χ2v) is 5.68. The maximum Gasteiger partial charge on any atom is 0.265 e. The quantitative estimate of drug-likeness (QED) is 0.916. The second kappa shape index (κ2) is 6.02. The van der Waals surface area contributed by atoms with Crippen molar-refractivity contribution < 1.29 is 9.90 Å². The number of nitrogens with zero attached hydrogens (tertiary/aromatic N) is 2. The number of aryl methyl sites for hydroxylation is 1. The van der Waals surface area contributed by atoms with Crippen molar-refractivity contribution >= 4 is 28.8 Å². The van der Waals surface area contributed by atoms with Gasteiger partial charge in [-0.1, -0.05) is 11.6 Å². The highest BCUT2D eigenvalue weighted by Gasteiger charge is 2.24. The van der Waals surface area contributed by atoms with Gasteiger partial charge in [0.15, 0.2) is 0 Å². The van der Waals surface area contributed by atoms with Crippen LogP contribution in [0.1, 0.15) is 15.2 Å². The summed E-state index contributed by atoms with van der Waals surface area (Å²) >= 11 is 7.53. The summed E-state index contributed by atoms with van der Waals surface area (Å²) in [7, 11) is 0. The number of carbonyl (C=O) groups excluding carboxylic acids is 1. The molecule has 1 amide bonds. The van der Waals surface area contributed by atoms with Crippen LogP contribution < -0.4 is 0 Å². The Bertz CT molecular complexity index is 428. The van der Waals surface area contributed by atoms with E-state index in [4.69, 9.17) is 16.7 Å². The maximum atomic E-state index is 12.3. The summed E-state index contributed by atoms with van der Waals surface area (Å²) in [5.41, 5.74) is 0.962. The molecule has 1 fully saturated rings. The zero-order chi connectivity index (χ0) is 13.1. The molecule has 100 valence electrons. The highest BCUT2D eigenvalue weighted by Crippen LogP contribution is 2.28. The number of hydrogen-bond acceptors (Lipinski definition) is 4. The largest absolute Gasteiger partial charge is 0.395 e. The molecule has 1 aliphatic rings. The van der Waals surface area contributed by atoms with Gasteiger partial charge in [-0.3, -0.25) is 9.69 Å². The summed E-state index contributed by atoms with van der Waals surface area (Å²) in [6, 6.07) is 0. The summed E-state index contributed by atoms with van der Waals surface area (Å²) < 4.78 is 0. The number of piperazine rings is 1. The van der Waals surface area contributed by atoms with Gasteiger partial charge in [0.25, 0.3) is 5.91 Å². The summed E-state index contributed by atoms with van der Waals surface area (Å²) in [6.07, 6.45) is 0. The molecule has 0 aromatic carbocycles. The number of halogens is 1. The van der Waals surface area contributed by atoms with Crippen molar-refractivity contribution in [3.63, 3.8) is 0 Å². The van der Waals surface area contributed by atoms with Gasteiger partial charge in [0.1, 0.15) is 4.88 Å². The molecular formula is C12H17ClN2O2S. The number of rotatable bonds is 3. The molecule has 0 bridgehead atoms. The molecular weight excluding hydrogens is 272 g/mol. The zero-order valence-electron chi connectivity index (χ0n) is 10.4. The number of amides is 1. The molecule has 1 N–H and O–H groups in total. The minimum Gasteiger partial charge on any atom is -0.395 e. The zero-order valence-corrected chi connectivity index (χ0v) is 11.9. The second-order valence-electron chi connectivity index (χ2n) is 4.42. The van der Waals surface area contributed by atoms with Crippen molar-refractivity contribution in [2.75, 3.05) is 39.3 Å². The van der Waals surface area contributed by atoms with Gasteiger partial charge in [-0.2, -0.15) is 0 Å². The summed E-state index contributed by atoms with van der Waals surface area (Å²) in [5.74, 6) is 0.0294. The van der Waals surface area contributed by atoms with Crippen molar-refractivity contribution in [1.29, 1.82) is 0 Å². The van der Waals surface area contributed by atoms with Crippen LogP contribution in [0.5, 0.6) is 0 Å². The molecule has 4 nitrogen and oxygen atoms in total. The van der Waals surface area contributed by atoms with Crippen molar-refractivity contribution in [2.24, 2.45) is 0 Å². The molecule has 0 spiro atoms. The number of thiophene rings is 1. The van der Waals surface area contributed by atoms with Crippen LogP contribution in [-0.2, 0) is 0 Å². The lowest BCUT2D eigenvalue weighted by Crippen LogP contribution is -2.49. The smallest absolute Gasteiger partial charge is 0.265 e. The average molecular weight is 289 g/mol. The number of aliphatic hydroxyl groups excluding tert-OH is 1. The predicted octanol–water partition coefficient (Wildman–Crippen LogP) is 1.46. The molecule has 1 aliphatic heterocycles. The SMILES string of the molecule is Cc1csc(C(=O)N2CCN(CCO)CC2)c1Cl. The molecule has 0 radical (unpaired) electrons. The van der Waals surface area contributed by atoms with Gasteiger partial charge in [0.2, 0.25) is 0 Å². The van der Waals surface area contributed by atoms with Crippen LogP contribution in [0.25, 0.3) is 0 Å². The number of hydrogen-bond donors (Lipinski definition) is 1. The average Bonchev–Trinajstić information content (AvgIpc) is 2.71. The van der Waals surface area contributed by atoms with E-state index in [9.17, 15) is 4.79 Å². The molecule has 1 saturated heterocycles. The maximum absolute atomic E-state index is 12.3. The van der Waals surface area contributed by atoms with Gasteiger partial charge in [-0.15, -0.1) is 11.3 Å². The van der Waals surface area contributed by atoms with Crippen LogP contribution in [0.4, 0.5) is 0 Å². The standard InChI is InChI=1S/C12H17ClN2O2S/c1-9-8-18-11(10(9)13)12(17)15-4-2-14(3-5-15)6-7-16/h8,16H,2-7H2,1H3. The van der Waals surface area contributed by atoms with E-state index >= 15 is 0 Å². The monoisotopic (exact) mass is 288 g/mol. The fourth-order valence-corrected chi connectivity index (χ4v) is 3.27. The molecule has 0 aliphatic carbocycles. The van der Waals surface area contributed by atoms with E-state index in [0.29, 0.717) is 29.5 Å². The number of carbonyl (C=O) groups is 1. The van der Waals surface area contributed by atoms with Crippen LogP contribution in [-0.4, -0.2) is 60.1 Å². The lowest BCUT2D eigenvalue weighted by Gasteiger charge is -2.34. The predicted molar refractivity (Wildman–Crippen MR) is 73.5 cm³/mol. The molecule has 1 aromatic rings. The molecule has 0 saturated carbocycles. The number of aliphatic hydroxyl groups is 1. The Labute approximate surface area is 116 Å². The number of β-amino-alcohol motifs (C(OH)–C–C–N with tert-alkyl or cyclic N) is 1. The summed E-state index contributed by atoms with van der Waals surface area (Å²) in [5, 5.41) is 11.4. The third-order valence-electron chi connectivity index (χ3n) is 3.17. The van der Waals surface area contributed by atoms with Crippen molar-refractivity contribution in [3.05, 3.63) is 20.8 Å². The first kappa shape index (κ1) is 13.8. The Morgan fingerprint density at radius 3 is 2.61 bits per heavy atom. The highest BCUT2D eigenvalue weighted by atomic mass is 35.5. The highest BCUT2D eigenvalue weighted by molar-refractivity contribution is 7.13. The van der Waals surface area contributed by atoms with Gasteiger partial charge in [0, 0.05) is 32.7 Å². The van der Waals surface area contributed by atoms with Crippen LogP contribution in [0.3, 0.4) is 0 Å². The molecule has 0 unspecified atom stereocenters. The summed E-state index contributed by atoms with van der Waals surface area (Å²) in [4.78, 5) is 16.9. The van der Waals surface area contributed by atoms with Crippen LogP contribution in [0.2, 0.25) is 5.02 Å².